The summed E-state index contributed by atoms with van der Waals surface area (Å²) in [7, 11) is 0. The maximum atomic E-state index is 13.0. The van der Waals surface area contributed by atoms with Gasteiger partial charge in [0.15, 0.2) is 11.6 Å². The van der Waals surface area contributed by atoms with Gasteiger partial charge in [-0.15, -0.1) is 0 Å². The van der Waals surface area contributed by atoms with Crippen molar-refractivity contribution in [2.75, 3.05) is 13.1 Å². The van der Waals surface area contributed by atoms with Crippen LogP contribution in [0.25, 0.3) is 0 Å². The first-order valence-electron chi connectivity index (χ1n) is 5.28. The van der Waals surface area contributed by atoms with Crippen molar-refractivity contribution in [2.45, 2.75) is 0 Å². The van der Waals surface area contributed by atoms with E-state index in [2.05, 4.69) is 10.6 Å². The molecule has 0 fully saturated rings. The van der Waals surface area contributed by atoms with E-state index >= 15 is 0 Å². The molecular formula is C10H10F2N4O4. The Hall–Kier alpha value is -2.78. The second-order valence-electron chi connectivity index (χ2n) is 3.59. The second kappa shape index (κ2) is 6.41. The third kappa shape index (κ3) is 3.86. The molecule has 0 heterocycles. The molecule has 0 aliphatic rings. The van der Waals surface area contributed by atoms with Crippen molar-refractivity contribution < 1.29 is 23.3 Å². The van der Waals surface area contributed by atoms with Crippen LogP contribution in [0.1, 0.15) is 10.4 Å². The molecule has 0 aliphatic carbocycles. The highest BCUT2D eigenvalue weighted by molar-refractivity contribution is 5.98. The van der Waals surface area contributed by atoms with E-state index in [1.54, 1.807) is 0 Å². The SMILES string of the molecule is NC(=O)NCCNC(=O)c1cc(F)c(F)cc1[N+](=O)[O-]. The lowest BCUT2D eigenvalue weighted by molar-refractivity contribution is -0.385. The Labute approximate surface area is 111 Å². The highest BCUT2D eigenvalue weighted by atomic mass is 19.2. The van der Waals surface area contributed by atoms with Crippen molar-refractivity contribution in [1.29, 1.82) is 0 Å². The molecule has 0 aromatic heterocycles. The van der Waals surface area contributed by atoms with Gasteiger partial charge in [0, 0.05) is 13.1 Å². The molecule has 1 aromatic carbocycles. The van der Waals surface area contributed by atoms with Gasteiger partial charge < -0.3 is 16.4 Å². The summed E-state index contributed by atoms with van der Waals surface area (Å²) in [5.41, 5.74) is 3.30. The van der Waals surface area contributed by atoms with Gasteiger partial charge >= 0.3 is 6.03 Å². The molecule has 0 bridgehead atoms. The maximum Gasteiger partial charge on any atom is 0.312 e. The zero-order chi connectivity index (χ0) is 15.3. The minimum atomic E-state index is -1.43. The number of nitro benzene ring substituents is 1. The van der Waals surface area contributed by atoms with Crippen molar-refractivity contribution in [3.63, 3.8) is 0 Å². The van der Waals surface area contributed by atoms with Crippen LogP contribution in [0.4, 0.5) is 19.3 Å². The monoisotopic (exact) mass is 288 g/mol. The second-order valence-corrected chi connectivity index (χ2v) is 3.59. The van der Waals surface area contributed by atoms with Crippen molar-refractivity contribution in [3.05, 3.63) is 39.4 Å². The average molecular weight is 288 g/mol. The number of nitrogens with two attached hydrogens (primary N) is 1. The van der Waals surface area contributed by atoms with Crippen LogP contribution < -0.4 is 16.4 Å². The molecule has 0 atom stereocenters. The van der Waals surface area contributed by atoms with Gasteiger partial charge in [0.25, 0.3) is 11.6 Å². The average Bonchev–Trinajstić information content (AvgIpc) is 2.36. The lowest BCUT2D eigenvalue weighted by Gasteiger charge is -2.06. The molecule has 10 heteroatoms. The Balaban J connectivity index is 2.84. The van der Waals surface area contributed by atoms with Gasteiger partial charge in [-0.3, -0.25) is 14.9 Å². The number of nitrogens with zero attached hydrogens (tertiary/aromatic N) is 1. The summed E-state index contributed by atoms with van der Waals surface area (Å²) >= 11 is 0. The van der Waals surface area contributed by atoms with Crippen molar-refractivity contribution in [3.8, 4) is 0 Å². The first-order valence-corrected chi connectivity index (χ1v) is 5.28. The highest BCUT2D eigenvalue weighted by Gasteiger charge is 2.23. The minimum Gasteiger partial charge on any atom is -0.352 e. The summed E-state index contributed by atoms with van der Waals surface area (Å²) in [6, 6.07) is -0.0472. The number of halogens is 2. The van der Waals surface area contributed by atoms with E-state index < -0.39 is 39.7 Å². The van der Waals surface area contributed by atoms with Gasteiger partial charge in [0.05, 0.1) is 11.0 Å². The number of benzene rings is 1. The van der Waals surface area contributed by atoms with Crippen LogP contribution in [-0.2, 0) is 0 Å². The van der Waals surface area contributed by atoms with Crippen LogP contribution in [0.15, 0.2) is 12.1 Å². The quantitative estimate of drug-likeness (QED) is 0.408. The highest BCUT2D eigenvalue weighted by Crippen LogP contribution is 2.22. The number of primary amides is 1. The summed E-state index contributed by atoms with van der Waals surface area (Å²) in [4.78, 5) is 31.7. The maximum absolute atomic E-state index is 13.0. The first kappa shape index (κ1) is 15.3. The van der Waals surface area contributed by atoms with Gasteiger partial charge in [-0.1, -0.05) is 0 Å². The first-order chi connectivity index (χ1) is 9.32. The van der Waals surface area contributed by atoms with Gasteiger partial charge in [-0.2, -0.15) is 0 Å². The van der Waals surface area contributed by atoms with Gasteiger partial charge in [-0.25, -0.2) is 13.6 Å². The number of urea groups is 1. The topological polar surface area (TPSA) is 127 Å². The molecule has 3 amide bonds. The van der Waals surface area contributed by atoms with Gasteiger partial charge in [0.2, 0.25) is 0 Å². The summed E-state index contributed by atoms with van der Waals surface area (Å²) in [6.45, 7) is -0.101. The van der Waals surface area contributed by atoms with E-state index in [1.807, 2.05) is 0 Å². The molecule has 8 nitrogen and oxygen atoms in total. The van der Waals surface area contributed by atoms with Crippen molar-refractivity contribution in [1.82, 2.24) is 10.6 Å². The lowest BCUT2D eigenvalue weighted by Crippen LogP contribution is -2.37. The Morgan fingerprint density at radius 1 is 1.20 bits per heavy atom. The molecule has 1 aromatic rings. The Kier molecular flexibility index (Phi) is 4.89. The smallest absolute Gasteiger partial charge is 0.312 e. The number of hydrogen-bond acceptors (Lipinski definition) is 4. The minimum absolute atomic E-state index is 0.0153. The van der Waals surface area contributed by atoms with E-state index in [-0.39, 0.29) is 13.1 Å². The number of rotatable bonds is 5. The number of amides is 3. The van der Waals surface area contributed by atoms with Crippen LogP contribution >= 0.6 is 0 Å². The molecule has 0 spiro atoms. The summed E-state index contributed by atoms with van der Waals surface area (Å²) in [5.74, 6) is -3.78. The van der Waals surface area contributed by atoms with Crippen LogP contribution in [0.2, 0.25) is 0 Å². The van der Waals surface area contributed by atoms with Crippen molar-refractivity contribution in [2.24, 2.45) is 5.73 Å². The van der Waals surface area contributed by atoms with Crippen molar-refractivity contribution >= 4 is 17.6 Å². The molecule has 0 aliphatic heterocycles. The molecule has 4 N–H and O–H groups in total. The number of nitro groups is 1. The van der Waals surface area contributed by atoms with E-state index in [0.717, 1.165) is 0 Å². The summed E-state index contributed by atoms with van der Waals surface area (Å²) in [6.07, 6.45) is 0. The van der Waals surface area contributed by atoms with E-state index in [9.17, 15) is 28.5 Å². The molecule has 20 heavy (non-hydrogen) atoms. The Bertz CT molecular complexity index is 564. The fraction of sp³-hybridized carbons (Fsp3) is 0.200. The van der Waals surface area contributed by atoms with E-state index in [4.69, 9.17) is 5.73 Å². The molecule has 1 rings (SSSR count). The van der Waals surface area contributed by atoms with Crippen LogP contribution in [0.3, 0.4) is 0 Å². The Morgan fingerprint density at radius 3 is 2.30 bits per heavy atom. The zero-order valence-electron chi connectivity index (χ0n) is 9.98. The lowest BCUT2D eigenvalue weighted by atomic mass is 10.1. The van der Waals surface area contributed by atoms with Crippen LogP contribution in [0, 0.1) is 21.7 Å². The normalized spacial score (nSPS) is 9.90. The third-order valence-electron chi connectivity index (χ3n) is 2.19. The summed E-state index contributed by atoms with van der Waals surface area (Å²) < 4.78 is 25.9. The van der Waals surface area contributed by atoms with Crippen LogP contribution in [0.5, 0.6) is 0 Å². The predicted molar refractivity (Wildman–Crippen MR) is 62.9 cm³/mol. The zero-order valence-corrected chi connectivity index (χ0v) is 9.98. The number of carbonyl (C=O) groups is 2. The number of nitrogens with one attached hydrogen (secondary N) is 2. The predicted octanol–water partition coefficient (Wildman–Crippen LogP) is 0.271. The molecule has 108 valence electrons. The van der Waals surface area contributed by atoms with E-state index in [0.29, 0.717) is 12.1 Å². The van der Waals surface area contributed by atoms with E-state index in [1.165, 1.54) is 0 Å². The largest absolute Gasteiger partial charge is 0.352 e. The molecule has 0 saturated heterocycles. The Morgan fingerprint density at radius 2 is 1.75 bits per heavy atom. The molecule has 0 radical (unpaired) electrons. The number of carbonyl (C=O) groups excluding carboxylic acids is 2. The fourth-order valence-electron chi connectivity index (χ4n) is 1.33. The molecular weight excluding hydrogens is 278 g/mol. The van der Waals surface area contributed by atoms with Crippen LogP contribution in [-0.4, -0.2) is 30.0 Å². The van der Waals surface area contributed by atoms with Gasteiger partial charge in [0.1, 0.15) is 5.56 Å². The molecule has 0 unspecified atom stereocenters. The number of hydrogen-bond donors (Lipinski definition) is 3. The van der Waals surface area contributed by atoms with Gasteiger partial charge in [-0.05, 0) is 6.07 Å². The third-order valence-corrected chi connectivity index (χ3v) is 2.19. The molecule has 0 saturated carbocycles. The standard InChI is InChI=1S/C10H10F2N4O4/c11-6-3-5(8(16(19)20)4-7(6)12)9(17)14-1-2-15-10(13)18/h3-4H,1-2H2,(H,14,17)(H3,13,15,18). The summed E-state index contributed by atoms with van der Waals surface area (Å²) in [5, 5.41) is 15.0. The fourth-order valence-corrected chi connectivity index (χ4v) is 1.33.